The number of thiophene rings is 1. The summed E-state index contributed by atoms with van der Waals surface area (Å²) < 4.78 is 11.2. The van der Waals surface area contributed by atoms with Gasteiger partial charge in [-0.1, -0.05) is 38.1 Å². The number of aryl methyl sites for hydroxylation is 1. The lowest BCUT2D eigenvalue weighted by atomic mass is 9.98. The lowest BCUT2D eigenvalue weighted by Crippen LogP contribution is -2.28. The maximum Gasteiger partial charge on any atom is 0.260 e. The van der Waals surface area contributed by atoms with Crippen LogP contribution >= 0.6 is 23.1 Å². The Morgan fingerprint density at radius 3 is 2.82 bits per heavy atom. The second-order valence-electron chi connectivity index (χ2n) is 8.42. The molecule has 1 aliphatic heterocycles. The number of carbonyl (C=O) groups is 1. The van der Waals surface area contributed by atoms with Crippen LogP contribution in [0.4, 0.5) is 0 Å². The van der Waals surface area contributed by atoms with Gasteiger partial charge in [-0.05, 0) is 42.5 Å². The number of hydrogen-bond acceptors (Lipinski definition) is 7. The van der Waals surface area contributed by atoms with Gasteiger partial charge in [0.2, 0.25) is 5.91 Å². The molecule has 0 saturated heterocycles. The zero-order chi connectivity index (χ0) is 23.5. The molecule has 4 rings (SSSR count). The number of nitrogens with zero attached hydrogens (tertiary/aromatic N) is 2. The van der Waals surface area contributed by atoms with Crippen LogP contribution < -0.4 is 15.0 Å². The van der Waals surface area contributed by atoms with Gasteiger partial charge in [-0.25, -0.2) is 4.98 Å². The number of nitrogens with one attached hydrogen (secondary N) is 1. The minimum atomic E-state index is -0.123. The highest BCUT2D eigenvalue weighted by Gasteiger charge is 2.18. The van der Waals surface area contributed by atoms with E-state index in [2.05, 4.69) is 23.8 Å². The Kier molecular flexibility index (Phi) is 7.29. The van der Waals surface area contributed by atoms with Crippen molar-refractivity contribution in [1.29, 1.82) is 0 Å². The van der Waals surface area contributed by atoms with E-state index >= 15 is 0 Å². The zero-order valence-corrected chi connectivity index (χ0v) is 21.0. The van der Waals surface area contributed by atoms with Crippen molar-refractivity contribution < 1.29 is 14.3 Å². The molecule has 0 spiro atoms. The number of carbonyl (C=O) groups excluding carboxylic acids is 1. The molecule has 0 unspecified atom stereocenters. The van der Waals surface area contributed by atoms with Gasteiger partial charge in [0, 0.05) is 18.5 Å². The average molecular weight is 488 g/mol. The van der Waals surface area contributed by atoms with E-state index in [1.807, 2.05) is 25.1 Å². The fraction of sp³-hybridized carbons (Fsp3) is 0.458. The summed E-state index contributed by atoms with van der Waals surface area (Å²) in [5, 5.41) is 1.18. The van der Waals surface area contributed by atoms with E-state index in [1.54, 1.807) is 23.3 Å². The zero-order valence-electron chi connectivity index (χ0n) is 19.4. The molecule has 176 valence electrons. The first-order valence-corrected chi connectivity index (χ1v) is 12.9. The minimum absolute atomic E-state index is 0.0440. The third-order valence-corrected chi connectivity index (χ3v) is 7.77. The summed E-state index contributed by atoms with van der Waals surface area (Å²) in [5.41, 5.74) is 1.95. The van der Waals surface area contributed by atoms with Crippen molar-refractivity contribution in [2.24, 2.45) is 5.92 Å². The Bertz CT molecular complexity index is 1220. The highest BCUT2D eigenvalue weighted by molar-refractivity contribution is 7.99. The molecule has 1 atom stereocenters. The molecule has 0 saturated carbocycles. The summed E-state index contributed by atoms with van der Waals surface area (Å²) in [5.74, 6) is 2.10. The molecule has 1 N–H and O–H groups in total. The third-order valence-electron chi connectivity index (χ3n) is 5.87. The molecule has 1 amide bonds. The van der Waals surface area contributed by atoms with Gasteiger partial charge in [-0.3, -0.25) is 9.59 Å². The van der Waals surface area contributed by atoms with Crippen molar-refractivity contribution in [3.05, 3.63) is 44.6 Å². The summed E-state index contributed by atoms with van der Waals surface area (Å²) in [6.07, 6.45) is 1.95. The van der Waals surface area contributed by atoms with Gasteiger partial charge in [0.05, 0.1) is 11.1 Å². The molecule has 9 heteroatoms. The number of aromatic nitrogens is 2. The first-order valence-electron chi connectivity index (χ1n) is 11.1. The van der Waals surface area contributed by atoms with Crippen LogP contribution in [0.3, 0.4) is 0 Å². The molecule has 2 aromatic heterocycles. The number of hydrogen-bond donors (Lipinski definition) is 1. The predicted octanol–water partition coefficient (Wildman–Crippen LogP) is 4.40. The molecule has 1 aliphatic rings. The summed E-state index contributed by atoms with van der Waals surface area (Å²) in [7, 11) is 1.77. The van der Waals surface area contributed by atoms with Crippen LogP contribution in [0.25, 0.3) is 10.2 Å². The first kappa shape index (κ1) is 23.6. The van der Waals surface area contributed by atoms with E-state index in [1.165, 1.54) is 11.8 Å². The Hall–Kier alpha value is -2.52. The lowest BCUT2D eigenvalue weighted by Gasteiger charge is -2.21. The molecule has 0 bridgehead atoms. The number of H-pyrrole nitrogens is 1. The van der Waals surface area contributed by atoms with E-state index < -0.39 is 0 Å². The fourth-order valence-electron chi connectivity index (χ4n) is 3.75. The average Bonchev–Trinajstić information content (AvgIpc) is 3.12. The minimum Gasteiger partial charge on any atom is -0.486 e. The fourth-order valence-corrected chi connectivity index (χ4v) is 5.66. The quantitative estimate of drug-likeness (QED) is 0.374. The first-order chi connectivity index (χ1) is 15.9. The van der Waals surface area contributed by atoms with Crippen LogP contribution in [0.2, 0.25) is 0 Å². The molecular formula is C24H29N3O4S2. The molecule has 33 heavy (non-hydrogen) atoms. The Morgan fingerprint density at radius 2 is 2.06 bits per heavy atom. The van der Waals surface area contributed by atoms with E-state index in [4.69, 9.17) is 9.47 Å². The van der Waals surface area contributed by atoms with Crippen molar-refractivity contribution in [1.82, 2.24) is 14.9 Å². The van der Waals surface area contributed by atoms with Gasteiger partial charge in [-0.15, -0.1) is 11.3 Å². The van der Waals surface area contributed by atoms with Crippen LogP contribution in [-0.2, 0) is 17.8 Å². The second kappa shape index (κ2) is 10.2. The standard InChI is InChI=1S/C24H29N3O4S2/c1-5-14(2)10-17-15(3)33-23-21(17)22(29)25-24(26-23)32-13-20(28)27(4)12-16-6-7-18-19(11-16)31-9-8-30-18/h6-7,11,14H,5,8-10,12-13H2,1-4H3,(H,25,26,29)/t14-/m1/s1. The number of fused-ring (bicyclic) bond motifs is 2. The van der Waals surface area contributed by atoms with E-state index in [-0.39, 0.29) is 17.2 Å². The number of benzene rings is 1. The maximum atomic E-state index is 12.8. The SMILES string of the molecule is CC[C@@H](C)Cc1c(C)sc2nc(SCC(=O)N(C)Cc3ccc4c(c3)OCCO4)[nH]c(=O)c12. The molecule has 0 aliphatic carbocycles. The van der Waals surface area contributed by atoms with Gasteiger partial charge in [0.25, 0.3) is 5.56 Å². The van der Waals surface area contributed by atoms with Gasteiger partial charge < -0.3 is 19.4 Å². The third kappa shape index (κ3) is 5.35. The molecule has 0 radical (unpaired) electrons. The normalized spacial score (nSPS) is 13.8. The highest BCUT2D eigenvalue weighted by Crippen LogP contribution is 2.32. The lowest BCUT2D eigenvalue weighted by molar-refractivity contribution is -0.127. The molecule has 1 aromatic carbocycles. The summed E-state index contributed by atoms with van der Waals surface area (Å²) >= 11 is 2.81. The Balaban J connectivity index is 1.41. The smallest absolute Gasteiger partial charge is 0.260 e. The van der Waals surface area contributed by atoms with Gasteiger partial charge in [-0.2, -0.15) is 0 Å². The molecule has 0 fully saturated rings. The van der Waals surface area contributed by atoms with Crippen LogP contribution in [0.1, 0.15) is 36.3 Å². The highest BCUT2D eigenvalue weighted by atomic mass is 32.2. The Morgan fingerprint density at radius 1 is 1.30 bits per heavy atom. The van der Waals surface area contributed by atoms with Gasteiger partial charge >= 0.3 is 0 Å². The second-order valence-corrected chi connectivity index (χ2v) is 10.6. The van der Waals surface area contributed by atoms with E-state index in [0.29, 0.717) is 42.0 Å². The number of ether oxygens (including phenoxy) is 2. The van der Waals surface area contributed by atoms with Crippen molar-refractivity contribution in [2.45, 2.75) is 45.3 Å². The number of rotatable bonds is 8. The molecule has 3 aromatic rings. The van der Waals surface area contributed by atoms with Gasteiger partial charge in [0.15, 0.2) is 16.7 Å². The topological polar surface area (TPSA) is 84.5 Å². The summed E-state index contributed by atoms with van der Waals surface area (Å²) in [6.45, 7) is 7.94. The monoisotopic (exact) mass is 487 g/mol. The van der Waals surface area contributed by atoms with Crippen molar-refractivity contribution >= 4 is 39.2 Å². The van der Waals surface area contributed by atoms with Crippen molar-refractivity contribution in [2.75, 3.05) is 26.0 Å². The van der Waals surface area contributed by atoms with Crippen LogP contribution in [0.15, 0.2) is 28.2 Å². The number of thioether (sulfide) groups is 1. The van der Waals surface area contributed by atoms with E-state index in [9.17, 15) is 9.59 Å². The van der Waals surface area contributed by atoms with Crippen molar-refractivity contribution in [3.8, 4) is 11.5 Å². The van der Waals surface area contributed by atoms with Crippen LogP contribution in [0, 0.1) is 12.8 Å². The summed E-state index contributed by atoms with van der Waals surface area (Å²) in [4.78, 5) is 36.6. The van der Waals surface area contributed by atoms with Gasteiger partial charge in [0.1, 0.15) is 18.0 Å². The Labute approximate surface area is 201 Å². The molecular weight excluding hydrogens is 458 g/mol. The number of amides is 1. The summed E-state index contributed by atoms with van der Waals surface area (Å²) in [6, 6.07) is 5.72. The largest absolute Gasteiger partial charge is 0.486 e. The number of aromatic amines is 1. The molecule has 7 nitrogen and oxygen atoms in total. The van der Waals surface area contributed by atoms with Crippen LogP contribution in [-0.4, -0.2) is 46.8 Å². The van der Waals surface area contributed by atoms with E-state index in [0.717, 1.165) is 39.4 Å². The predicted molar refractivity (Wildman–Crippen MR) is 133 cm³/mol. The van der Waals surface area contributed by atoms with Crippen molar-refractivity contribution in [3.63, 3.8) is 0 Å². The maximum absolute atomic E-state index is 12.8. The molecule has 3 heterocycles. The van der Waals surface area contributed by atoms with Crippen LogP contribution in [0.5, 0.6) is 11.5 Å².